The van der Waals surface area contributed by atoms with E-state index in [1.807, 2.05) is 25.1 Å². The van der Waals surface area contributed by atoms with Crippen LogP contribution >= 0.6 is 0 Å². The highest BCUT2D eigenvalue weighted by molar-refractivity contribution is 5.60. The van der Waals surface area contributed by atoms with Crippen molar-refractivity contribution in [2.24, 2.45) is 0 Å². The van der Waals surface area contributed by atoms with E-state index in [2.05, 4.69) is 5.32 Å². The van der Waals surface area contributed by atoms with Crippen molar-refractivity contribution < 1.29 is 9.84 Å². The summed E-state index contributed by atoms with van der Waals surface area (Å²) >= 11 is 0. The van der Waals surface area contributed by atoms with Crippen LogP contribution in [0, 0.1) is 0 Å². The van der Waals surface area contributed by atoms with Gasteiger partial charge in [-0.1, -0.05) is 0 Å². The molecule has 14 heavy (non-hydrogen) atoms. The summed E-state index contributed by atoms with van der Waals surface area (Å²) in [6, 6.07) is 5.94. The van der Waals surface area contributed by atoms with Gasteiger partial charge in [0, 0.05) is 5.69 Å². The molecule has 1 heterocycles. The van der Waals surface area contributed by atoms with E-state index >= 15 is 0 Å². The Kier molecular flexibility index (Phi) is 2.11. The fourth-order valence-corrected chi connectivity index (χ4v) is 1.85. The lowest BCUT2D eigenvalue weighted by molar-refractivity contribution is 0.227. The third-order valence-corrected chi connectivity index (χ3v) is 2.68. The van der Waals surface area contributed by atoms with Gasteiger partial charge in [0.25, 0.3) is 0 Å². The Labute approximate surface area is 83.7 Å². The number of hydrogen-bond acceptors (Lipinski definition) is 3. The van der Waals surface area contributed by atoms with Crippen molar-refractivity contribution in [1.82, 2.24) is 0 Å². The summed E-state index contributed by atoms with van der Waals surface area (Å²) in [5.41, 5.74) is 2.09. The van der Waals surface area contributed by atoms with Crippen LogP contribution in [0.3, 0.4) is 0 Å². The van der Waals surface area contributed by atoms with Gasteiger partial charge in [0.05, 0.1) is 19.3 Å². The molecular weight excluding hydrogens is 178 g/mol. The van der Waals surface area contributed by atoms with Gasteiger partial charge in [-0.25, -0.2) is 0 Å². The molecule has 0 aromatic heterocycles. The minimum atomic E-state index is -0.214. The van der Waals surface area contributed by atoms with Crippen molar-refractivity contribution >= 4 is 5.69 Å². The Morgan fingerprint density at radius 1 is 1.57 bits per heavy atom. The minimum Gasteiger partial charge on any atom is -0.497 e. The number of nitrogens with one attached hydrogen (secondary N) is 1. The molecule has 1 atom stereocenters. The number of hydrogen-bond donors (Lipinski definition) is 2. The zero-order valence-corrected chi connectivity index (χ0v) is 8.50. The molecule has 2 N–H and O–H groups in total. The van der Waals surface area contributed by atoms with Gasteiger partial charge in [-0.2, -0.15) is 0 Å². The lowest BCUT2D eigenvalue weighted by atomic mass is 9.99. The second kappa shape index (κ2) is 3.17. The molecule has 1 aliphatic rings. The largest absolute Gasteiger partial charge is 0.497 e. The fourth-order valence-electron chi connectivity index (χ4n) is 1.85. The van der Waals surface area contributed by atoms with E-state index in [-0.39, 0.29) is 12.1 Å². The third kappa shape index (κ3) is 1.44. The molecule has 0 saturated heterocycles. The number of aliphatic hydroxyl groups excluding tert-OH is 1. The lowest BCUT2D eigenvalue weighted by Gasteiger charge is -2.21. The molecule has 2 rings (SSSR count). The van der Waals surface area contributed by atoms with Gasteiger partial charge in [-0.15, -0.1) is 0 Å². The van der Waals surface area contributed by atoms with Crippen molar-refractivity contribution in [3.05, 3.63) is 23.8 Å². The number of ether oxygens (including phenoxy) is 1. The Bertz CT molecular complexity index is 351. The first-order chi connectivity index (χ1) is 6.67. The normalized spacial score (nSPS) is 24.2. The third-order valence-electron chi connectivity index (χ3n) is 2.68. The van der Waals surface area contributed by atoms with E-state index in [1.165, 1.54) is 5.56 Å². The highest BCUT2D eigenvalue weighted by Crippen LogP contribution is 2.34. The highest BCUT2D eigenvalue weighted by Gasteiger charge is 2.31. The maximum absolute atomic E-state index is 9.23. The zero-order valence-electron chi connectivity index (χ0n) is 8.50. The number of rotatable bonds is 2. The van der Waals surface area contributed by atoms with Gasteiger partial charge < -0.3 is 15.2 Å². The van der Waals surface area contributed by atoms with Gasteiger partial charge in [-0.05, 0) is 37.1 Å². The SMILES string of the molecule is COc1ccc2c(c1)CC(C)(CO)N2. The van der Waals surface area contributed by atoms with Crippen molar-refractivity contribution in [2.45, 2.75) is 18.9 Å². The molecule has 0 bridgehead atoms. The maximum Gasteiger partial charge on any atom is 0.119 e. The van der Waals surface area contributed by atoms with Crippen LogP contribution in [0.25, 0.3) is 0 Å². The van der Waals surface area contributed by atoms with Gasteiger partial charge in [0.1, 0.15) is 5.75 Å². The van der Waals surface area contributed by atoms with Crippen LogP contribution < -0.4 is 10.1 Å². The van der Waals surface area contributed by atoms with E-state index in [0.717, 1.165) is 17.9 Å². The molecule has 0 amide bonds. The molecule has 0 aliphatic carbocycles. The number of methoxy groups -OCH3 is 1. The molecule has 3 nitrogen and oxygen atoms in total. The maximum atomic E-state index is 9.23. The fraction of sp³-hybridized carbons (Fsp3) is 0.455. The monoisotopic (exact) mass is 193 g/mol. The molecule has 0 spiro atoms. The van der Waals surface area contributed by atoms with Crippen molar-refractivity contribution in [2.75, 3.05) is 19.0 Å². The highest BCUT2D eigenvalue weighted by atomic mass is 16.5. The van der Waals surface area contributed by atoms with Crippen molar-refractivity contribution in [1.29, 1.82) is 0 Å². The number of benzene rings is 1. The topological polar surface area (TPSA) is 41.5 Å². The molecule has 1 aromatic rings. The van der Waals surface area contributed by atoms with Gasteiger partial charge in [-0.3, -0.25) is 0 Å². The number of fused-ring (bicyclic) bond motifs is 1. The van der Waals surface area contributed by atoms with Gasteiger partial charge in [0.2, 0.25) is 0 Å². The van der Waals surface area contributed by atoms with Crippen LogP contribution in [-0.4, -0.2) is 24.4 Å². The molecule has 1 aromatic carbocycles. The summed E-state index contributed by atoms with van der Waals surface area (Å²) < 4.78 is 5.15. The number of anilines is 1. The molecule has 0 radical (unpaired) electrons. The molecule has 1 unspecified atom stereocenters. The Hall–Kier alpha value is -1.22. The molecule has 0 fully saturated rings. The summed E-state index contributed by atoms with van der Waals surface area (Å²) in [4.78, 5) is 0. The van der Waals surface area contributed by atoms with E-state index in [0.29, 0.717) is 0 Å². The van der Waals surface area contributed by atoms with Gasteiger partial charge in [0.15, 0.2) is 0 Å². The predicted molar refractivity (Wildman–Crippen MR) is 55.8 cm³/mol. The molecule has 1 aliphatic heterocycles. The number of aliphatic hydroxyl groups is 1. The van der Waals surface area contributed by atoms with Crippen LogP contribution in [0.5, 0.6) is 5.75 Å². The molecule has 0 saturated carbocycles. The summed E-state index contributed by atoms with van der Waals surface area (Å²) in [6.07, 6.45) is 0.843. The van der Waals surface area contributed by atoms with E-state index < -0.39 is 0 Å². The summed E-state index contributed by atoms with van der Waals surface area (Å²) in [5, 5.41) is 12.5. The van der Waals surface area contributed by atoms with Crippen LogP contribution in [0.15, 0.2) is 18.2 Å². The van der Waals surface area contributed by atoms with Crippen LogP contribution in [-0.2, 0) is 6.42 Å². The second-order valence-electron chi connectivity index (χ2n) is 4.04. The first-order valence-electron chi connectivity index (χ1n) is 4.73. The average molecular weight is 193 g/mol. The second-order valence-corrected chi connectivity index (χ2v) is 4.04. The lowest BCUT2D eigenvalue weighted by Crippen LogP contribution is -2.36. The zero-order chi connectivity index (χ0) is 10.2. The molecule has 76 valence electrons. The summed E-state index contributed by atoms with van der Waals surface area (Å²) in [7, 11) is 1.66. The summed E-state index contributed by atoms with van der Waals surface area (Å²) in [6.45, 7) is 2.16. The minimum absolute atomic E-state index is 0.143. The van der Waals surface area contributed by atoms with E-state index in [1.54, 1.807) is 7.11 Å². The average Bonchev–Trinajstić information content (AvgIpc) is 2.54. The molecular formula is C11H15NO2. The smallest absolute Gasteiger partial charge is 0.119 e. The molecule has 3 heteroatoms. The first-order valence-corrected chi connectivity index (χ1v) is 4.73. The van der Waals surface area contributed by atoms with Crippen LogP contribution in [0.2, 0.25) is 0 Å². The van der Waals surface area contributed by atoms with Crippen LogP contribution in [0.1, 0.15) is 12.5 Å². The van der Waals surface area contributed by atoms with Gasteiger partial charge >= 0.3 is 0 Å². The quantitative estimate of drug-likeness (QED) is 0.746. The van der Waals surface area contributed by atoms with Crippen molar-refractivity contribution in [3.8, 4) is 5.75 Å². The Morgan fingerprint density at radius 2 is 2.36 bits per heavy atom. The van der Waals surface area contributed by atoms with Crippen molar-refractivity contribution in [3.63, 3.8) is 0 Å². The predicted octanol–water partition coefficient (Wildman–Crippen LogP) is 1.41. The Morgan fingerprint density at radius 3 is 3.00 bits per heavy atom. The standard InChI is InChI=1S/C11H15NO2/c1-11(7-13)6-8-5-9(14-2)3-4-10(8)12-11/h3-5,12-13H,6-7H2,1-2H3. The first kappa shape index (κ1) is 9.34. The van der Waals surface area contributed by atoms with E-state index in [4.69, 9.17) is 4.74 Å². The Balaban J connectivity index is 2.31. The van der Waals surface area contributed by atoms with Crippen LogP contribution in [0.4, 0.5) is 5.69 Å². The summed E-state index contributed by atoms with van der Waals surface area (Å²) in [5.74, 6) is 0.868. The van der Waals surface area contributed by atoms with E-state index in [9.17, 15) is 5.11 Å².